The molecule has 0 amide bonds. The van der Waals surface area contributed by atoms with E-state index in [1.165, 1.54) is 36.4 Å². The number of rotatable bonds is 6. The molecule has 1 heterocycles. The van der Waals surface area contributed by atoms with E-state index >= 15 is 0 Å². The Labute approximate surface area is 186 Å². The largest absolute Gasteiger partial charge is 0.489 e. The summed E-state index contributed by atoms with van der Waals surface area (Å²) in [5.41, 5.74) is 1.48. The Hall–Kier alpha value is -4.04. The Kier molecular flexibility index (Phi) is 5.96. The second-order valence-corrected chi connectivity index (χ2v) is 7.15. The summed E-state index contributed by atoms with van der Waals surface area (Å²) in [4.78, 5) is 26.8. The Balaban J connectivity index is 1.49. The summed E-state index contributed by atoms with van der Waals surface area (Å²) in [6.45, 7) is 0.282. The predicted octanol–water partition coefficient (Wildman–Crippen LogP) is 5.31. The van der Waals surface area contributed by atoms with Crippen LogP contribution in [0.5, 0.6) is 5.75 Å². The molecule has 0 saturated carbocycles. The first kappa shape index (κ1) is 21.2. The van der Waals surface area contributed by atoms with Gasteiger partial charge in [0.1, 0.15) is 18.2 Å². The van der Waals surface area contributed by atoms with Gasteiger partial charge in [-0.15, -0.1) is 0 Å². The monoisotopic (exact) mass is 452 g/mol. The molecule has 0 radical (unpaired) electrons. The van der Waals surface area contributed by atoms with Crippen molar-refractivity contribution in [2.75, 3.05) is 0 Å². The number of ether oxygens (including phenoxy) is 2. The lowest BCUT2D eigenvalue weighted by Crippen LogP contribution is -2.06. The standard InChI is InChI=1S/C23H14ClFN2O5/c24-20-10-7-17(27(29)30)12-19(20)22-26-21(23(28)32-22)11-14-3-8-18(9-4-14)31-13-15-1-5-16(25)6-2-15/h1-12H,13H2/b21-11-. The van der Waals surface area contributed by atoms with Crippen LogP contribution < -0.4 is 4.74 Å². The molecule has 1 aliphatic heterocycles. The maximum atomic E-state index is 13.0. The minimum atomic E-state index is -0.695. The van der Waals surface area contributed by atoms with Crippen molar-refractivity contribution in [2.45, 2.75) is 6.61 Å². The molecule has 1 aliphatic rings. The molecule has 3 aromatic rings. The highest BCUT2D eigenvalue weighted by Crippen LogP contribution is 2.27. The predicted molar refractivity (Wildman–Crippen MR) is 116 cm³/mol. The van der Waals surface area contributed by atoms with Crippen molar-refractivity contribution in [2.24, 2.45) is 4.99 Å². The molecule has 3 aromatic carbocycles. The van der Waals surface area contributed by atoms with Crippen LogP contribution in [0.3, 0.4) is 0 Å². The average Bonchev–Trinajstić information content (AvgIpc) is 3.14. The fourth-order valence-corrected chi connectivity index (χ4v) is 3.08. The van der Waals surface area contributed by atoms with Gasteiger partial charge in [0.25, 0.3) is 5.69 Å². The Morgan fingerprint density at radius 1 is 1.09 bits per heavy atom. The molecular formula is C23H14ClFN2O5. The van der Waals surface area contributed by atoms with Crippen LogP contribution in [-0.4, -0.2) is 16.8 Å². The molecule has 0 aliphatic carbocycles. The number of non-ortho nitro benzene ring substituents is 1. The minimum absolute atomic E-state index is 0.0301. The van der Waals surface area contributed by atoms with E-state index in [2.05, 4.69) is 4.99 Å². The van der Waals surface area contributed by atoms with Gasteiger partial charge in [-0.3, -0.25) is 10.1 Å². The van der Waals surface area contributed by atoms with Crippen molar-refractivity contribution >= 4 is 35.2 Å². The van der Waals surface area contributed by atoms with E-state index in [1.807, 2.05) is 0 Å². The van der Waals surface area contributed by atoms with Gasteiger partial charge in [-0.05, 0) is 47.5 Å². The average molecular weight is 453 g/mol. The van der Waals surface area contributed by atoms with E-state index in [-0.39, 0.29) is 40.3 Å². The van der Waals surface area contributed by atoms with Crippen LogP contribution in [0.15, 0.2) is 77.4 Å². The Morgan fingerprint density at radius 3 is 2.50 bits per heavy atom. The molecule has 0 N–H and O–H groups in total. The number of carbonyl (C=O) groups is 1. The summed E-state index contributed by atoms with van der Waals surface area (Å²) in [5.74, 6) is -0.512. The molecule has 9 heteroatoms. The molecule has 7 nitrogen and oxygen atoms in total. The summed E-state index contributed by atoms with van der Waals surface area (Å²) < 4.78 is 23.8. The third-order valence-electron chi connectivity index (χ3n) is 4.51. The number of nitro benzene ring substituents is 1. The number of esters is 1. The summed E-state index contributed by atoms with van der Waals surface area (Å²) in [5, 5.41) is 11.2. The summed E-state index contributed by atoms with van der Waals surface area (Å²) in [7, 11) is 0. The highest BCUT2D eigenvalue weighted by molar-refractivity contribution is 6.34. The highest BCUT2D eigenvalue weighted by Gasteiger charge is 2.27. The molecule has 0 aromatic heterocycles. The number of cyclic esters (lactones) is 1. The second-order valence-electron chi connectivity index (χ2n) is 6.74. The van der Waals surface area contributed by atoms with Crippen LogP contribution in [0.1, 0.15) is 16.7 Å². The molecule has 0 spiro atoms. The first-order valence-electron chi connectivity index (χ1n) is 9.33. The van der Waals surface area contributed by atoms with E-state index < -0.39 is 10.9 Å². The van der Waals surface area contributed by atoms with Crippen LogP contribution in [0, 0.1) is 15.9 Å². The quantitative estimate of drug-likeness (QED) is 0.219. The lowest BCUT2D eigenvalue weighted by molar-refractivity contribution is -0.384. The molecule has 32 heavy (non-hydrogen) atoms. The summed E-state index contributed by atoms with van der Waals surface area (Å²) >= 11 is 6.09. The summed E-state index contributed by atoms with van der Waals surface area (Å²) in [6.07, 6.45) is 1.52. The Morgan fingerprint density at radius 2 is 1.81 bits per heavy atom. The first-order valence-corrected chi connectivity index (χ1v) is 9.71. The zero-order valence-corrected chi connectivity index (χ0v) is 17.1. The minimum Gasteiger partial charge on any atom is -0.489 e. The lowest BCUT2D eigenvalue weighted by atomic mass is 10.2. The van der Waals surface area contributed by atoms with Crippen LogP contribution in [0.4, 0.5) is 10.1 Å². The zero-order valence-electron chi connectivity index (χ0n) is 16.3. The maximum absolute atomic E-state index is 13.0. The van der Waals surface area contributed by atoms with E-state index in [1.54, 1.807) is 36.4 Å². The fourth-order valence-electron chi connectivity index (χ4n) is 2.88. The Bertz CT molecular complexity index is 1250. The van der Waals surface area contributed by atoms with Crippen molar-refractivity contribution in [3.05, 3.63) is 110 Å². The number of hydrogen-bond donors (Lipinski definition) is 0. The maximum Gasteiger partial charge on any atom is 0.363 e. The first-order chi connectivity index (χ1) is 15.4. The van der Waals surface area contributed by atoms with Gasteiger partial charge in [0.05, 0.1) is 15.5 Å². The SMILES string of the molecule is O=C1OC(c2cc([N+](=O)[O-])ccc2Cl)=N/C1=C\c1ccc(OCc2ccc(F)cc2)cc1. The van der Waals surface area contributed by atoms with Crippen LogP contribution in [0.25, 0.3) is 6.08 Å². The van der Waals surface area contributed by atoms with Crippen molar-refractivity contribution < 1.29 is 23.6 Å². The van der Waals surface area contributed by atoms with Gasteiger partial charge in [0, 0.05) is 12.1 Å². The van der Waals surface area contributed by atoms with Crippen molar-refractivity contribution in [3.63, 3.8) is 0 Å². The zero-order chi connectivity index (χ0) is 22.7. The second kappa shape index (κ2) is 8.99. The van der Waals surface area contributed by atoms with Crippen LogP contribution in [-0.2, 0) is 16.1 Å². The number of halogens is 2. The fraction of sp³-hybridized carbons (Fsp3) is 0.0435. The molecule has 0 bridgehead atoms. The third-order valence-corrected chi connectivity index (χ3v) is 4.84. The molecule has 0 fully saturated rings. The molecule has 0 saturated heterocycles. The van der Waals surface area contributed by atoms with Gasteiger partial charge < -0.3 is 9.47 Å². The van der Waals surface area contributed by atoms with Gasteiger partial charge in [0.15, 0.2) is 5.70 Å². The van der Waals surface area contributed by atoms with E-state index in [0.29, 0.717) is 11.3 Å². The number of nitro groups is 1. The highest BCUT2D eigenvalue weighted by atomic mass is 35.5. The molecule has 0 atom stereocenters. The molecule has 4 rings (SSSR count). The van der Waals surface area contributed by atoms with Crippen LogP contribution in [0.2, 0.25) is 5.02 Å². The molecule has 0 unspecified atom stereocenters. The van der Waals surface area contributed by atoms with Crippen molar-refractivity contribution in [1.29, 1.82) is 0 Å². The summed E-state index contributed by atoms with van der Waals surface area (Å²) in [6, 6.07) is 16.7. The third kappa shape index (κ3) is 4.81. The van der Waals surface area contributed by atoms with E-state index in [9.17, 15) is 19.3 Å². The van der Waals surface area contributed by atoms with E-state index in [0.717, 1.165) is 5.56 Å². The van der Waals surface area contributed by atoms with Crippen molar-refractivity contribution in [1.82, 2.24) is 0 Å². The van der Waals surface area contributed by atoms with Gasteiger partial charge in [-0.2, -0.15) is 0 Å². The molecular weight excluding hydrogens is 439 g/mol. The van der Waals surface area contributed by atoms with Crippen LogP contribution >= 0.6 is 11.6 Å². The van der Waals surface area contributed by atoms with E-state index in [4.69, 9.17) is 21.1 Å². The van der Waals surface area contributed by atoms with Gasteiger partial charge in [0.2, 0.25) is 5.90 Å². The normalized spacial score (nSPS) is 14.2. The number of nitrogens with zero attached hydrogens (tertiary/aromatic N) is 2. The number of aliphatic imine (C=N–C) groups is 1. The molecule has 160 valence electrons. The van der Waals surface area contributed by atoms with Gasteiger partial charge >= 0.3 is 5.97 Å². The number of carbonyl (C=O) groups excluding carboxylic acids is 1. The van der Waals surface area contributed by atoms with Gasteiger partial charge in [-0.1, -0.05) is 35.9 Å². The topological polar surface area (TPSA) is 91.0 Å². The number of benzene rings is 3. The van der Waals surface area contributed by atoms with Gasteiger partial charge in [-0.25, -0.2) is 14.2 Å². The van der Waals surface area contributed by atoms with Crippen molar-refractivity contribution in [3.8, 4) is 5.75 Å². The smallest absolute Gasteiger partial charge is 0.363 e. The number of hydrogen-bond acceptors (Lipinski definition) is 6. The lowest BCUT2D eigenvalue weighted by Gasteiger charge is -2.06.